The fourth-order valence-electron chi connectivity index (χ4n) is 2.24. The van der Waals surface area contributed by atoms with Crippen LogP contribution in [-0.2, 0) is 0 Å². The van der Waals surface area contributed by atoms with E-state index in [2.05, 4.69) is 16.4 Å². The number of hydrogen-bond donors (Lipinski definition) is 1. The van der Waals surface area contributed by atoms with E-state index in [9.17, 15) is 10.1 Å². The Labute approximate surface area is 123 Å². The van der Waals surface area contributed by atoms with Crippen LogP contribution in [0.25, 0.3) is 0 Å². The number of nitrogens with one attached hydrogen (secondary N) is 1. The standard InChI is InChI=1S/C15H18N4O2/c1-10-7-11(2)9-12(8-10)18(4)15-13(19(20)21)5-6-14(16-3)17-15/h5-9H,1-4H3,(H,16,17). The first kappa shape index (κ1) is 14.8. The van der Waals surface area contributed by atoms with Crippen molar-refractivity contribution in [2.75, 3.05) is 24.3 Å². The molecule has 1 heterocycles. The van der Waals surface area contributed by atoms with Crippen molar-refractivity contribution in [1.82, 2.24) is 4.98 Å². The van der Waals surface area contributed by atoms with Crippen LogP contribution in [0.15, 0.2) is 30.3 Å². The van der Waals surface area contributed by atoms with Crippen LogP contribution in [0.5, 0.6) is 0 Å². The zero-order valence-electron chi connectivity index (χ0n) is 12.5. The van der Waals surface area contributed by atoms with E-state index in [1.807, 2.05) is 26.0 Å². The maximum atomic E-state index is 11.2. The molecule has 1 N–H and O–H groups in total. The summed E-state index contributed by atoms with van der Waals surface area (Å²) in [6.07, 6.45) is 0. The second kappa shape index (κ2) is 5.78. The van der Waals surface area contributed by atoms with Crippen molar-refractivity contribution in [3.8, 4) is 0 Å². The molecule has 0 aliphatic heterocycles. The van der Waals surface area contributed by atoms with Gasteiger partial charge in [0.15, 0.2) is 0 Å². The van der Waals surface area contributed by atoms with Gasteiger partial charge >= 0.3 is 5.69 Å². The van der Waals surface area contributed by atoms with Crippen LogP contribution in [0.2, 0.25) is 0 Å². The summed E-state index contributed by atoms with van der Waals surface area (Å²) in [6, 6.07) is 9.07. The molecule has 6 heteroatoms. The number of benzene rings is 1. The van der Waals surface area contributed by atoms with Crippen molar-refractivity contribution in [1.29, 1.82) is 0 Å². The maximum absolute atomic E-state index is 11.2. The summed E-state index contributed by atoms with van der Waals surface area (Å²) in [6.45, 7) is 3.99. The van der Waals surface area contributed by atoms with Crippen LogP contribution < -0.4 is 10.2 Å². The first-order valence-electron chi connectivity index (χ1n) is 6.57. The molecule has 0 aliphatic rings. The second-order valence-corrected chi connectivity index (χ2v) is 4.95. The van der Waals surface area contributed by atoms with Gasteiger partial charge in [0.2, 0.25) is 5.82 Å². The number of anilines is 3. The lowest BCUT2D eigenvalue weighted by Crippen LogP contribution is -2.14. The molecule has 1 aromatic heterocycles. The lowest BCUT2D eigenvalue weighted by atomic mass is 10.1. The SMILES string of the molecule is CNc1ccc([N+](=O)[O-])c(N(C)c2cc(C)cc(C)c2)n1. The molecule has 0 bridgehead atoms. The molecule has 0 unspecified atom stereocenters. The van der Waals surface area contributed by atoms with E-state index in [0.29, 0.717) is 11.6 Å². The molecule has 2 rings (SSSR count). The van der Waals surface area contributed by atoms with Gasteiger partial charge in [0.1, 0.15) is 5.82 Å². The highest BCUT2D eigenvalue weighted by atomic mass is 16.6. The van der Waals surface area contributed by atoms with Crippen LogP contribution in [0.4, 0.5) is 23.0 Å². The molecule has 0 amide bonds. The highest BCUT2D eigenvalue weighted by molar-refractivity contribution is 5.70. The molecule has 110 valence electrons. The number of rotatable bonds is 4. The molecule has 0 fully saturated rings. The fraction of sp³-hybridized carbons (Fsp3) is 0.267. The summed E-state index contributed by atoms with van der Waals surface area (Å²) in [4.78, 5) is 16.9. The number of nitro groups is 1. The van der Waals surface area contributed by atoms with Gasteiger partial charge in [-0.15, -0.1) is 0 Å². The Kier molecular flexibility index (Phi) is 4.07. The van der Waals surface area contributed by atoms with Crippen molar-refractivity contribution in [3.05, 3.63) is 51.6 Å². The average molecular weight is 286 g/mol. The predicted molar refractivity (Wildman–Crippen MR) is 84.4 cm³/mol. The molecular formula is C15H18N4O2. The Bertz CT molecular complexity index is 665. The first-order chi connectivity index (χ1) is 9.92. The van der Waals surface area contributed by atoms with Crippen molar-refractivity contribution < 1.29 is 4.92 Å². The van der Waals surface area contributed by atoms with E-state index in [0.717, 1.165) is 16.8 Å². The van der Waals surface area contributed by atoms with Gasteiger partial charge in [0.05, 0.1) is 4.92 Å². The van der Waals surface area contributed by atoms with Crippen LogP contribution in [0.1, 0.15) is 11.1 Å². The number of pyridine rings is 1. The first-order valence-corrected chi connectivity index (χ1v) is 6.57. The van der Waals surface area contributed by atoms with Gasteiger partial charge in [-0.25, -0.2) is 4.98 Å². The lowest BCUT2D eigenvalue weighted by molar-refractivity contribution is -0.384. The largest absolute Gasteiger partial charge is 0.373 e. The molecule has 1 aromatic carbocycles. The van der Waals surface area contributed by atoms with Gasteiger partial charge < -0.3 is 10.2 Å². The number of aryl methyl sites for hydroxylation is 2. The average Bonchev–Trinajstić information content (AvgIpc) is 2.44. The molecule has 0 saturated carbocycles. The minimum Gasteiger partial charge on any atom is -0.373 e. The zero-order valence-corrected chi connectivity index (χ0v) is 12.5. The van der Waals surface area contributed by atoms with E-state index >= 15 is 0 Å². The summed E-state index contributed by atoms with van der Waals surface area (Å²) < 4.78 is 0. The predicted octanol–water partition coefficient (Wildman–Crippen LogP) is 3.42. The quantitative estimate of drug-likeness (QED) is 0.688. The van der Waals surface area contributed by atoms with Gasteiger partial charge in [-0.05, 0) is 43.2 Å². The monoisotopic (exact) mass is 286 g/mol. The molecule has 0 atom stereocenters. The van der Waals surface area contributed by atoms with Gasteiger partial charge in [-0.2, -0.15) is 0 Å². The molecule has 21 heavy (non-hydrogen) atoms. The molecule has 0 spiro atoms. The van der Waals surface area contributed by atoms with E-state index in [1.165, 1.54) is 6.07 Å². The Morgan fingerprint density at radius 1 is 1.19 bits per heavy atom. The highest BCUT2D eigenvalue weighted by Gasteiger charge is 2.20. The normalized spacial score (nSPS) is 10.3. The summed E-state index contributed by atoms with van der Waals surface area (Å²) in [5.41, 5.74) is 3.06. The Morgan fingerprint density at radius 2 is 1.81 bits per heavy atom. The van der Waals surface area contributed by atoms with Crippen LogP contribution in [0.3, 0.4) is 0 Å². The number of aromatic nitrogens is 1. The summed E-state index contributed by atoms with van der Waals surface area (Å²) in [5.74, 6) is 0.906. The summed E-state index contributed by atoms with van der Waals surface area (Å²) >= 11 is 0. The third-order valence-electron chi connectivity index (χ3n) is 3.22. The molecule has 6 nitrogen and oxygen atoms in total. The highest BCUT2D eigenvalue weighted by Crippen LogP contribution is 2.32. The van der Waals surface area contributed by atoms with Crippen molar-refractivity contribution in [3.63, 3.8) is 0 Å². The topological polar surface area (TPSA) is 71.3 Å². The molecule has 0 aliphatic carbocycles. The third-order valence-corrected chi connectivity index (χ3v) is 3.22. The summed E-state index contributed by atoms with van der Waals surface area (Å²) in [5, 5.41) is 14.1. The van der Waals surface area contributed by atoms with Crippen molar-refractivity contribution in [2.24, 2.45) is 0 Å². The smallest absolute Gasteiger partial charge is 0.312 e. The van der Waals surface area contributed by atoms with E-state index in [-0.39, 0.29) is 5.69 Å². The zero-order chi connectivity index (χ0) is 15.6. The van der Waals surface area contributed by atoms with Crippen LogP contribution in [-0.4, -0.2) is 24.0 Å². The van der Waals surface area contributed by atoms with E-state index < -0.39 is 4.92 Å². The lowest BCUT2D eigenvalue weighted by Gasteiger charge is -2.20. The van der Waals surface area contributed by atoms with Gasteiger partial charge in [-0.1, -0.05) is 6.07 Å². The Morgan fingerprint density at radius 3 is 2.33 bits per heavy atom. The van der Waals surface area contributed by atoms with Crippen molar-refractivity contribution in [2.45, 2.75) is 13.8 Å². The Hall–Kier alpha value is -2.63. The van der Waals surface area contributed by atoms with E-state index in [1.54, 1.807) is 25.1 Å². The second-order valence-electron chi connectivity index (χ2n) is 4.95. The van der Waals surface area contributed by atoms with Crippen LogP contribution >= 0.6 is 0 Å². The van der Waals surface area contributed by atoms with Crippen LogP contribution in [0, 0.1) is 24.0 Å². The van der Waals surface area contributed by atoms with Gasteiger partial charge in [0, 0.05) is 25.8 Å². The fourth-order valence-corrected chi connectivity index (χ4v) is 2.24. The number of hydrogen-bond acceptors (Lipinski definition) is 5. The minimum absolute atomic E-state index is 0.0179. The summed E-state index contributed by atoms with van der Waals surface area (Å²) in [7, 11) is 3.51. The van der Waals surface area contributed by atoms with E-state index in [4.69, 9.17) is 0 Å². The minimum atomic E-state index is -0.416. The molecular weight excluding hydrogens is 268 g/mol. The maximum Gasteiger partial charge on any atom is 0.312 e. The molecule has 0 radical (unpaired) electrons. The van der Waals surface area contributed by atoms with Gasteiger partial charge in [0.25, 0.3) is 0 Å². The molecule has 0 saturated heterocycles. The number of nitrogens with zero attached hydrogens (tertiary/aromatic N) is 3. The van der Waals surface area contributed by atoms with Gasteiger partial charge in [-0.3, -0.25) is 10.1 Å². The third kappa shape index (κ3) is 3.10. The van der Waals surface area contributed by atoms with Crippen molar-refractivity contribution >= 4 is 23.0 Å². The Balaban J connectivity index is 2.55. The molecule has 2 aromatic rings.